The molecule has 2 rings (SSSR count). The van der Waals surface area contributed by atoms with E-state index in [0.29, 0.717) is 18.7 Å². The number of hydrogen-bond acceptors (Lipinski definition) is 3. The number of thioether (sulfide) groups is 1. The van der Waals surface area contributed by atoms with E-state index in [2.05, 4.69) is 0 Å². The predicted octanol–water partition coefficient (Wildman–Crippen LogP) is 2.69. The Bertz CT molecular complexity index is 565. The van der Waals surface area contributed by atoms with E-state index in [1.165, 1.54) is 16.4 Å². The van der Waals surface area contributed by atoms with Crippen molar-refractivity contribution < 1.29 is 12.8 Å². The average molecular weight is 324 g/mol. The Kier molecular flexibility index (Phi) is 4.76. The third-order valence-electron chi connectivity index (χ3n) is 2.97. The second-order valence-electron chi connectivity index (χ2n) is 4.44. The van der Waals surface area contributed by atoms with E-state index >= 15 is 0 Å². The first-order valence-electron chi connectivity index (χ1n) is 5.91. The molecule has 1 aromatic rings. The third-order valence-corrected chi connectivity index (χ3v) is 6.32. The summed E-state index contributed by atoms with van der Waals surface area (Å²) >= 11 is 7.33. The lowest BCUT2D eigenvalue weighted by Crippen LogP contribution is -2.41. The van der Waals surface area contributed by atoms with Gasteiger partial charge in [-0.3, -0.25) is 0 Å². The van der Waals surface area contributed by atoms with Crippen molar-refractivity contribution in [3.63, 3.8) is 0 Å². The standard InChI is InChI=1S/C12H15ClFNO2S2/c1-9-8-15(4-5-18-9)19(16,17)12-3-2-10(7-13)6-11(12)14/h2-3,6,9H,4-5,7-8H2,1H3. The quantitative estimate of drug-likeness (QED) is 0.803. The van der Waals surface area contributed by atoms with Gasteiger partial charge in [0, 0.05) is 30.0 Å². The number of halogens is 2. The van der Waals surface area contributed by atoms with Gasteiger partial charge in [0.2, 0.25) is 10.0 Å². The molecule has 1 atom stereocenters. The topological polar surface area (TPSA) is 37.4 Å². The summed E-state index contributed by atoms with van der Waals surface area (Å²) in [6.07, 6.45) is 0. The minimum absolute atomic E-state index is 0.161. The molecule has 0 amide bonds. The average Bonchev–Trinajstić information content (AvgIpc) is 2.38. The van der Waals surface area contributed by atoms with Crippen LogP contribution in [-0.2, 0) is 15.9 Å². The molecule has 7 heteroatoms. The van der Waals surface area contributed by atoms with Gasteiger partial charge in [-0.2, -0.15) is 16.1 Å². The van der Waals surface area contributed by atoms with E-state index in [1.54, 1.807) is 17.8 Å². The van der Waals surface area contributed by atoms with Crippen molar-refractivity contribution in [3.05, 3.63) is 29.6 Å². The second kappa shape index (κ2) is 5.99. The zero-order valence-corrected chi connectivity index (χ0v) is 12.9. The van der Waals surface area contributed by atoms with Gasteiger partial charge in [-0.1, -0.05) is 13.0 Å². The second-order valence-corrected chi connectivity index (χ2v) is 8.16. The highest BCUT2D eigenvalue weighted by atomic mass is 35.5. The first kappa shape index (κ1) is 15.1. The van der Waals surface area contributed by atoms with Crippen LogP contribution in [0.25, 0.3) is 0 Å². The fourth-order valence-electron chi connectivity index (χ4n) is 1.98. The normalized spacial score (nSPS) is 21.5. The van der Waals surface area contributed by atoms with Crippen LogP contribution >= 0.6 is 23.4 Å². The molecule has 0 saturated carbocycles. The smallest absolute Gasteiger partial charge is 0.207 e. The zero-order valence-electron chi connectivity index (χ0n) is 10.5. The molecule has 1 aromatic carbocycles. The minimum Gasteiger partial charge on any atom is -0.207 e. The largest absolute Gasteiger partial charge is 0.246 e. The van der Waals surface area contributed by atoms with Crippen molar-refractivity contribution in [2.45, 2.75) is 22.9 Å². The minimum atomic E-state index is -3.75. The van der Waals surface area contributed by atoms with Gasteiger partial charge < -0.3 is 0 Å². The maximum Gasteiger partial charge on any atom is 0.246 e. The number of alkyl halides is 1. The molecule has 1 aliphatic heterocycles. The zero-order chi connectivity index (χ0) is 14.0. The van der Waals surface area contributed by atoms with Crippen LogP contribution in [0.1, 0.15) is 12.5 Å². The monoisotopic (exact) mass is 323 g/mol. The highest BCUT2D eigenvalue weighted by Gasteiger charge is 2.30. The highest BCUT2D eigenvalue weighted by molar-refractivity contribution is 8.00. The van der Waals surface area contributed by atoms with Crippen molar-refractivity contribution in [3.8, 4) is 0 Å². The highest BCUT2D eigenvalue weighted by Crippen LogP contribution is 2.26. The Morgan fingerprint density at radius 3 is 2.84 bits per heavy atom. The van der Waals surface area contributed by atoms with Crippen LogP contribution in [-0.4, -0.2) is 36.8 Å². The summed E-state index contributed by atoms with van der Waals surface area (Å²) in [5.41, 5.74) is 0.570. The molecule has 0 radical (unpaired) electrons. The Morgan fingerprint density at radius 1 is 1.53 bits per heavy atom. The summed E-state index contributed by atoms with van der Waals surface area (Å²) in [7, 11) is -3.75. The summed E-state index contributed by atoms with van der Waals surface area (Å²) in [5, 5.41) is 0.230. The molecule has 0 N–H and O–H groups in total. The van der Waals surface area contributed by atoms with Gasteiger partial charge in [0.25, 0.3) is 0 Å². The molecule has 0 bridgehead atoms. The van der Waals surface area contributed by atoms with Gasteiger partial charge in [-0.25, -0.2) is 12.8 Å². The van der Waals surface area contributed by atoms with Gasteiger partial charge in [-0.05, 0) is 17.7 Å². The van der Waals surface area contributed by atoms with Crippen LogP contribution < -0.4 is 0 Å². The lowest BCUT2D eigenvalue weighted by molar-refractivity contribution is 0.420. The number of sulfonamides is 1. The van der Waals surface area contributed by atoms with Crippen molar-refractivity contribution >= 4 is 33.4 Å². The van der Waals surface area contributed by atoms with Crippen molar-refractivity contribution in [2.75, 3.05) is 18.8 Å². The van der Waals surface area contributed by atoms with Crippen LogP contribution in [0.3, 0.4) is 0 Å². The van der Waals surface area contributed by atoms with Crippen LogP contribution in [0, 0.1) is 5.82 Å². The Labute approximate surface area is 122 Å². The summed E-state index contributed by atoms with van der Waals surface area (Å²) in [4.78, 5) is -0.263. The van der Waals surface area contributed by atoms with E-state index in [9.17, 15) is 12.8 Å². The molecule has 1 heterocycles. The molecular weight excluding hydrogens is 309 g/mol. The van der Waals surface area contributed by atoms with E-state index in [0.717, 1.165) is 5.75 Å². The molecule has 1 fully saturated rings. The first-order chi connectivity index (χ1) is 8.95. The maximum absolute atomic E-state index is 13.9. The molecule has 1 saturated heterocycles. The van der Waals surface area contributed by atoms with E-state index in [4.69, 9.17) is 11.6 Å². The molecule has 1 unspecified atom stereocenters. The molecule has 0 aromatic heterocycles. The van der Waals surface area contributed by atoms with Gasteiger partial charge in [0.1, 0.15) is 10.7 Å². The van der Waals surface area contributed by atoms with E-state index in [1.807, 2.05) is 6.92 Å². The van der Waals surface area contributed by atoms with Crippen LogP contribution in [0.2, 0.25) is 0 Å². The van der Waals surface area contributed by atoms with Gasteiger partial charge in [0.15, 0.2) is 0 Å². The first-order valence-corrected chi connectivity index (χ1v) is 8.93. The predicted molar refractivity (Wildman–Crippen MR) is 76.6 cm³/mol. The van der Waals surface area contributed by atoms with Crippen molar-refractivity contribution in [1.82, 2.24) is 4.31 Å². The van der Waals surface area contributed by atoms with E-state index < -0.39 is 15.8 Å². The SMILES string of the molecule is CC1CN(S(=O)(=O)c2ccc(CCl)cc2F)CCS1. The molecular formula is C12H15ClFNO2S2. The third kappa shape index (κ3) is 3.24. The Hall–Kier alpha value is -0.300. The number of hydrogen-bond donors (Lipinski definition) is 0. The maximum atomic E-state index is 13.9. The van der Waals surface area contributed by atoms with Crippen molar-refractivity contribution in [2.24, 2.45) is 0 Å². The number of nitrogens with zero attached hydrogens (tertiary/aromatic N) is 1. The Balaban J connectivity index is 2.33. The lowest BCUT2D eigenvalue weighted by atomic mass is 10.2. The van der Waals surface area contributed by atoms with Crippen molar-refractivity contribution in [1.29, 1.82) is 0 Å². The van der Waals surface area contributed by atoms with Crippen LogP contribution in [0.5, 0.6) is 0 Å². The molecule has 3 nitrogen and oxygen atoms in total. The molecule has 0 spiro atoms. The molecule has 0 aliphatic carbocycles. The van der Waals surface area contributed by atoms with Crippen LogP contribution in [0.15, 0.2) is 23.1 Å². The summed E-state index contributed by atoms with van der Waals surface area (Å²) < 4.78 is 40.1. The van der Waals surface area contributed by atoms with Gasteiger partial charge in [0.05, 0.1) is 0 Å². The number of rotatable bonds is 3. The van der Waals surface area contributed by atoms with Gasteiger partial charge >= 0.3 is 0 Å². The van der Waals surface area contributed by atoms with E-state index in [-0.39, 0.29) is 16.0 Å². The molecule has 1 aliphatic rings. The van der Waals surface area contributed by atoms with Crippen LogP contribution in [0.4, 0.5) is 4.39 Å². The fourth-order valence-corrected chi connectivity index (χ4v) is 4.95. The summed E-state index contributed by atoms with van der Waals surface area (Å²) in [6, 6.07) is 4.03. The Morgan fingerprint density at radius 2 is 2.26 bits per heavy atom. The van der Waals surface area contributed by atoms with Gasteiger partial charge in [-0.15, -0.1) is 11.6 Å². The number of benzene rings is 1. The molecule has 19 heavy (non-hydrogen) atoms. The molecule has 106 valence electrons. The lowest BCUT2D eigenvalue weighted by Gasteiger charge is -2.29. The summed E-state index contributed by atoms with van der Waals surface area (Å²) in [5.74, 6) is 0.167. The fraction of sp³-hybridized carbons (Fsp3) is 0.500. The summed E-state index contributed by atoms with van der Waals surface area (Å²) in [6.45, 7) is 2.82.